The number of nitrogens with zero attached hydrogens (tertiary/aromatic N) is 14. The average Bonchev–Trinajstić information content (AvgIpc) is 1.42. The lowest BCUT2D eigenvalue weighted by Gasteiger charge is -2.57. The van der Waals surface area contributed by atoms with Crippen LogP contribution in [0.15, 0.2) is 36.9 Å². The summed E-state index contributed by atoms with van der Waals surface area (Å²) in [4.78, 5) is 41.0. The number of aromatic nitrogens is 14. The monoisotopic (exact) mass is 1690 g/mol. The predicted octanol–water partition coefficient (Wildman–Crippen LogP) is 17.0. The summed E-state index contributed by atoms with van der Waals surface area (Å²) in [6, 6.07) is 0. The van der Waals surface area contributed by atoms with E-state index in [2.05, 4.69) is 92.8 Å². The van der Waals surface area contributed by atoms with Crippen LogP contribution >= 0.6 is 0 Å². The number of tetrazole rings is 2. The van der Waals surface area contributed by atoms with Gasteiger partial charge in [-0.25, -0.2) is 40.4 Å². The third kappa shape index (κ3) is 16.1. The molecule has 0 unspecified atom stereocenters. The van der Waals surface area contributed by atoms with Gasteiger partial charge in [-0.3, -0.25) is 14.4 Å². The Balaban J connectivity index is 0.000000115. The first-order chi connectivity index (χ1) is 57.7. The van der Waals surface area contributed by atoms with Gasteiger partial charge in [0.15, 0.2) is 23.2 Å². The molecule has 16 saturated carbocycles. The normalized spacial score (nSPS) is 45.3. The summed E-state index contributed by atoms with van der Waals surface area (Å²) in [5, 5.41) is 81.5. The number of carbonyl (C=O) groups excluding carboxylic acids is 3. The lowest BCUT2D eigenvalue weighted by atomic mass is 9.48. The molecule has 0 spiro atoms. The van der Waals surface area contributed by atoms with Gasteiger partial charge in [-0.1, -0.05) is 57.2 Å². The Morgan fingerprint density at radius 3 is 1.12 bits per heavy atom. The van der Waals surface area contributed by atoms with E-state index in [1.165, 1.54) is 74.6 Å². The number of Topliss-reactive ketones (excluding diaryl/α,β-unsaturated/α-hetero) is 3. The van der Waals surface area contributed by atoms with Crippen LogP contribution in [0, 0.1) is 178 Å². The van der Waals surface area contributed by atoms with Crippen LogP contribution in [-0.2, 0) is 40.6 Å². The third-order valence-corrected chi connectivity index (χ3v) is 39.3. The number of ketones is 3. The van der Waals surface area contributed by atoms with Crippen LogP contribution in [0.1, 0.15) is 284 Å². The first-order valence-corrected chi connectivity index (χ1v) is 47.8. The molecule has 121 heavy (non-hydrogen) atoms. The van der Waals surface area contributed by atoms with Crippen LogP contribution in [0.4, 0.5) is 26.3 Å². The van der Waals surface area contributed by atoms with Gasteiger partial charge in [0.25, 0.3) is 19.3 Å². The molecule has 32 atom stereocenters. The zero-order valence-corrected chi connectivity index (χ0v) is 73.1. The zero-order valence-electron chi connectivity index (χ0n) is 73.1. The molecule has 0 amide bonds. The molecule has 20 rings (SSSR count). The molecule has 670 valence electrons. The highest BCUT2D eigenvalue weighted by Crippen LogP contribution is 2.71. The second-order valence-electron chi connectivity index (χ2n) is 44.2. The van der Waals surface area contributed by atoms with E-state index in [-0.39, 0.29) is 109 Å². The van der Waals surface area contributed by atoms with Crippen molar-refractivity contribution in [1.82, 2.24) is 70.4 Å². The van der Waals surface area contributed by atoms with Crippen LogP contribution < -0.4 is 0 Å². The van der Waals surface area contributed by atoms with E-state index in [1.54, 1.807) is 34.9 Å². The molecule has 16 aliphatic carbocycles. The number of allylic oxidation sites excluding steroid dienone is 1. The molecule has 4 heterocycles. The summed E-state index contributed by atoms with van der Waals surface area (Å²) in [5.41, 5.74) is -3.93. The van der Waals surface area contributed by atoms with Crippen molar-refractivity contribution >= 4 is 17.3 Å². The number of alkyl halides is 6. The van der Waals surface area contributed by atoms with Crippen molar-refractivity contribution in [3.05, 3.63) is 48.6 Å². The average molecular weight is 1690 g/mol. The fraction of sp³-hybridized carbons (Fsp3) is 0.883. The summed E-state index contributed by atoms with van der Waals surface area (Å²) >= 11 is 0. The van der Waals surface area contributed by atoms with E-state index >= 15 is 0 Å². The molecule has 27 heteroatoms. The van der Waals surface area contributed by atoms with Gasteiger partial charge in [0.2, 0.25) is 0 Å². The maximum absolute atomic E-state index is 13.4. The molecule has 21 nitrogen and oxygen atoms in total. The molecular weight excluding hydrogens is 1550 g/mol. The number of halogens is 6. The fourth-order valence-corrected chi connectivity index (χ4v) is 33.4. The zero-order chi connectivity index (χ0) is 85.3. The standard InChI is InChI=1S/C24H35F2N3O.C24H37N3O2.2C23H34F2N4O2/c1-15(14-29-12-11-27-28-29)20-5-6-21-19-4-3-16-13-24(30,22(25)26)10-8-17(16)18(19)7-9-23(20,21)2;1-3-24(29)11-9-17-16(14-24)4-5-19-18(17)8-10-23(2)20(19)6-7-21(23)22(28)15-27-13-12-25-26-27;1-13-26-27-28-29(13)12-20(30)19-6-5-18-17-4-3-14-11-23(31,21(24)25)10-8-15(14)16(17)7-9-22(18,19)2;1-13-26-28-29(27-13)12-20(30)19-6-5-18-17-4-3-14-11-23(31,21(24)25)10-8-15(14)16(17)7-9-22(18,19)2/h11-12,16-22,30H,1,3-10,13-14H2,2H3;12-13,16-21,29H,3-11,14-15H2,1-2H3;2*14-19,21,31H,3-12H2,1-2H3/t16-,17+,18-,19-,20-,21+,23-,24-;16-,17+,18-,19-,20+,21-,23+,24-;2*14-,15+,16-,17-,18+,19-,22+,23-/m1111/s1. The lowest BCUT2D eigenvalue weighted by molar-refractivity contribution is -0.160. The van der Waals surface area contributed by atoms with Crippen LogP contribution in [0.5, 0.6) is 0 Å². The molecule has 16 aliphatic rings. The predicted molar refractivity (Wildman–Crippen MR) is 440 cm³/mol. The van der Waals surface area contributed by atoms with Gasteiger partial charge < -0.3 is 20.4 Å². The van der Waals surface area contributed by atoms with Crippen LogP contribution in [0.3, 0.4) is 0 Å². The molecule has 4 aromatic heterocycles. The Labute approximate surface area is 711 Å². The van der Waals surface area contributed by atoms with Gasteiger partial charge in [0, 0.05) is 30.1 Å². The van der Waals surface area contributed by atoms with Crippen LogP contribution in [0.25, 0.3) is 0 Å². The van der Waals surface area contributed by atoms with Gasteiger partial charge in [0.05, 0.1) is 24.5 Å². The fourth-order valence-electron chi connectivity index (χ4n) is 33.4. The minimum atomic E-state index is -2.65. The van der Waals surface area contributed by atoms with E-state index in [4.69, 9.17) is 0 Å². The Kier molecular flexibility index (Phi) is 24.6. The quantitative estimate of drug-likeness (QED) is 0.0599. The van der Waals surface area contributed by atoms with Crippen molar-refractivity contribution in [3.8, 4) is 0 Å². The summed E-state index contributed by atoms with van der Waals surface area (Å²) in [6.07, 6.45) is 33.7. The number of fused-ring (bicyclic) bond motifs is 20. The second-order valence-corrected chi connectivity index (χ2v) is 44.2. The lowest BCUT2D eigenvalue weighted by Crippen LogP contribution is -2.53. The highest BCUT2D eigenvalue weighted by atomic mass is 19.3. The van der Waals surface area contributed by atoms with E-state index in [1.807, 2.05) is 17.8 Å². The summed E-state index contributed by atoms with van der Waals surface area (Å²) in [6.45, 7) is 21.3. The van der Waals surface area contributed by atoms with Crippen LogP contribution in [-0.4, -0.2) is 150 Å². The van der Waals surface area contributed by atoms with E-state index < -0.39 is 41.7 Å². The molecule has 4 N–H and O–H groups in total. The molecule has 0 radical (unpaired) electrons. The minimum Gasteiger partial charge on any atom is -0.390 e. The number of carbonyl (C=O) groups is 3. The van der Waals surface area contributed by atoms with Gasteiger partial charge in [-0.15, -0.1) is 25.5 Å². The van der Waals surface area contributed by atoms with Crippen LogP contribution in [0.2, 0.25) is 0 Å². The first-order valence-electron chi connectivity index (χ1n) is 47.8. The summed E-state index contributed by atoms with van der Waals surface area (Å²) in [5.74, 6) is 14.4. The van der Waals surface area contributed by atoms with E-state index in [0.717, 1.165) is 165 Å². The van der Waals surface area contributed by atoms with Crippen molar-refractivity contribution in [1.29, 1.82) is 0 Å². The van der Waals surface area contributed by atoms with Gasteiger partial charge in [-0.2, -0.15) is 4.80 Å². The molecule has 16 fully saturated rings. The first kappa shape index (κ1) is 87.7. The van der Waals surface area contributed by atoms with Crippen molar-refractivity contribution < 1.29 is 61.2 Å². The smallest absolute Gasteiger partial charge is 0.266 e. The number of aliphatic hydroxyl groups is 4. The van der Waals surface area contributed by atoms with E-state index in [9.17, 15) is 61.2 Å². The van der Waals surface area contributed by atoms with Crippen molar-refractivity contribution in [2.75, 3.05) is 0 Å². The molecule has 0 aliphatic heterocycles. The number of rotatable bonds is 16. The summed E-state index contributed by atoms with van der Waals surface area (Å²) < 4.78 is 85.6. The molecule has 0 bridgehead atoms. The number of hydrogen-bond acceptors (Lipinski definition) is 17. The minimum absolute atomic E-state index is 0.0130. The van der Waals surface area contributed by atoms with Gasteiger partial charge in [0.1, 0.15) is 42.3 Å². The molecule has 4 aromatic rings. The number of aryl methyl sites for hydroxylation is 2. The Bertz CT molecular complexity index is 4290. The Hall–Kier alpha value is -5.41. The largest absolute Gasteiger partial charge is 0.390 e. The second kappa shape index (κ2) is 34.0. The van der Waals surface area contributed by atoms with Crippen molar-refractivity contribution in [3.63, 3.8) is 0 Å². The topological polar surface area (TPSA) is 281 Å². The van der Waals surface area contributed by atoms with Crippen molar-refractivity contribution in [2.24, 2.45) is 164 Å². The molecule has 0 saturated heterocycles. The molecule has 0 aromatic carbocycles. The Morgan fingerprint density at radius 1 is 0.405 bits per heavy atom. The highest BCUT2D eigenvalue weighted by molar-refractivity contribution is 5.83. The van der Waals surface area contributed by atoms with Gasteiger partial charge >= 0.3 is 0 Å². The van der Waals surface area contributed by atoms with Crippen molar-refractivity contribution in [2.45, 2.75) is 354 Å². The SMILES string of the molecule is C=C(Cn1ccnn1)[C@H]1CC[C@H]2[C@@H]3CC[C@@H]4C[C@@](O)(C(F)F)CC[C@@H]4[C@H]3CC[C@]12C.CC[C@@]1(O)CC[C@H]2[C@H](CC[C@@H]3[C@@H]2CC[C@]2(C)[C@@H](C(=O)Cn4ccnn4)CC[C@@H]32)C1.Cc1nnn(CC(=O)[C@H]2CC[C@H]3[C@@H]4CC[C@@H]5C[C@@](O)(C(F)F)CC[C@@H]5[C@H]4CC[C@]23C)n1.Cc1nnnn1CC(=O)[C@H]1CC[C@H]2[C@@H]3CC[C@@H]4C[C@@](O)(C(F)F)CC[C@@H]4[C@H]3CC[C@]12C. The highest BCUT2D eigenvalue weighted by Gasteiger charge is 2.65. The van der Waals surface area contributed by atoms with E-state index in [0.29, 0.717) is 119 Å². The number of hydrogen-bond donors (Lipinski definition) is 4. The maximum Gasteiger partial charge on any atom is 0.266 e. The summed E-state index contributed by atoms with van der Waals surface area (Å²) in [7, 11) is 0. The molecular formula is C94H140F6N14O7. The maximum atomic E-state index is 13.4. The Morgan fingerprint density at radius 2 is 0.760 bits per heavy atom. The van der Waals surface area contributed by atoms with Gasteiger partial charge in [-0.05, 0) is 413 Å². The third-order valence-electron chi connectivity index (χ3n) is 39.3.